The number of benzene rings is 1. The first-order chi connectivity index (χ1) is 15.3. The molecule has 1 aromatic carbocycles. The average Bonchev–Trinajstić information content (AvgIpc) is 2.78. The van der Waals surface area contributed by atoms with Crippen LogP contribution in [0, 0.1) is 11.5 Å². The van der Waals surface area contributed by atoms with Gasteiger partial charge in [0.1, 0.15) is 11.6 Å². The van der Waals surface area contributed by atoms with Crippen molar-refractivity contribution in [3.05, 3.63) is 35.9 Å². The summed E-state index contributed by atoms with van der Waals surface area (Å²) in [6.45, 7) is 1.94. The Morgan fingerprint density at radius 3 is 2.41 bits per heavy atom. The molecule has 0 aromatic heterocycles. The van der Waals surface area contributed by atoms with E-state index in [9.17, 15) is 19.2 Å². The smallest absolute Gasteiger partial charge is 0.286 e. The van der Waals surface area contributed by atoms with Crippen LogP contribution in [0.3, 0.4) is 0 Å². The van der Waals surface area contributed by atoms with E-state index in [2.05, 4.69) is 25.6 Å². The van der Waals surface area contributed by atoms with Crippen LogP contribution in [0.25, 0.3) is 0 Å². The van der Waals surface area contributed by atoms with E-state index in [1.54, 1.807) is 0 Å². The van der Waals surface area contributed by atoms with Gasteiger partial charge in [-0.15, -0.1) is 0 Å². The van der Waals surface area contributed by atoms with Crippen LogP contribution in [0.5, 0.6) is 0 Å². The predicted octanol–water partition coefficient (Wildman–Crippen LogP) is -0.503. The van der Waals surface area contributed by atoms with Gasteiger partial charge >= 0.3 is 0 Å². The van der Waals surface area contributed by atoms with Gasteiger partial charge in [-0.25, -0.2) is 0 Å². The largest absolute Gasteiger partial charge is 0.417 e. The number of likely N-dealkylation sites (tertiary alicyclic amines) is 1. The van der Waals surface area contributed by atoms with Crippen LogP contribution in [0.15, 0.2) is 30.3 Å². The lowest BCUT2D eigenvalue weighted by Crippen LogP contribution is -2.62. The third-order valence-corrected chi connectivity index (χ3v) is 5.53. The third kappa shape index (κ3) is 7.35. The van der Waals surface area contributed by atoms with E-state index < -0.39 is 35.9 Å². The van der Waals surface area contributed by atoms with Crippen LogP contribution >= 0.6 is 0 Å². The van der Waals surface area contributed by atoms with Crippen LogP contribution in [0.1, 0.15) is 25.3 Å². The first-order valence-electron chi connectivity index (χ1n) is 10.4. The van der Waals surface area contributed by atoms with Crippen molar-refractivity contribution in [1.82, 2.24) is 20.9 Å². The van der Waals surface area contributed by atoms with Gasteiger partial charge in [0.05, 0.1) is 6.54 Å². The Morgan fingerprint density at radius 1 is 1.16 bits per heavy atom. The molecule has 1 atom stereocenters. The Labute approximate surface area is 187 Å². The zero-order valence-corrected chi connectivity index (χ0v) is 18.3. The highest BCUT2D eigenvalue weighted by molar-refractivity contribution is 5.95. The van der Waals surface area contributed by atoms with Crippen molar-refractivity contribution in [3.63, 3.8) is 0 Å². The standard InChI is InChI=1S/C22H29N5O5/c1-16(28)22(8-10-27(2)11-9-22)26-21(31)18(12-17-6-4-3-5-7-17)25-19(29)13-24-20(30)14-32-15-23/h3-7,18H,8-14H2,1-2H3,(H,24,30)(H,25,29)(H,26,31)/t18-/m0/s1. The summed E-state index contributed by atoms with van der Waals surface area (Å²) < 4.78 is 4.31. The first kappa shape index (κ1) is 24.8. The van der Waals surface area contributed by atoms with Crippen molar-refractivity contribution in [2.45, 2.75) is 37.8 Å². The second-order valence-electron chi connectivity index (χ2n) is 7.90. The molecule has 1 aromatic rings. The molecule has 1 heterocycles. The molecule has 1 saturated heterocycles. The number of piperidine rings is 1. The molecule has 0 saturated carbocycles. The minimum Gasteiger partial charge on any atom is -0.417 e. The van der Waals surface area contributed by atoms with Gasteiger partial charge in [0.15, 0.2) is 12.4 Å². The number of hydrogen-bond donors (Lipinski definition) is 3. The molecule has 10 nitrogen and oxygen atoms in total. The SMILES string of the molecule is CC(=O)C1(NC(=O)[C@H](Cc2ccccc2)NC(=O)CNC(=O)COC#N)CCN(C)CC1. The van der Waals surface area contributed by atoms with Crippen molar-refractivity contribution >= 4 is 23.5 Å². The summed E-state index contributed by atoms with van der Waals surface area (Å²) in [7, 11) is 1.96. The van der Waals surface area contributed by atoms with Crippen molar-refractivity contribution in [2.75, 3.05) is 33.3 Å². The molecule has 3 amide bonds. The lowest BCUT2D eigenvalue weighted by Gasteiger charge is -2.40. The maximum Gasteiger partial charge on any atom is 0.286 e. The van der Waals surface area contributed by atoms with Gasteiger partial charge in [0, 0.05) is 19.5 Å². The van der Waals surface area contributed by atoms with Gasteiger partial charge in [-0.2, -0.15) is 5.26 Å². The van der Waals surface area contributed by atoms with Gasteiger partial charge in [0.25, 0.3) is 12.2 Å². The highest BCUT2D eigenvalue weighted by Crippen LogP contribution is 2.23. The second kappa shape index (κ2) is 11.8. The number of carbonyl (C=O) groups excluding carboxylic acids is 4. The van der Waals surface area contributed by atoms with Gasteiger partial charge in [-0.1, -0.05) is 30.3 Å². The Balaban J connectivity index is 2.09. The molecule has 10 heteroatoms. The number of rotatable bonds is 10. The number of ether oxygens (including phenoxy) is 1. The molecule has 1 aliphatic heterocycles. The van der Waals surface area contributed by atoms with E-state index in [4.69, 9.17) is 5.26 Å². The van der Waals surface area contributed by atoms with Crippen LogP contribution in [0.4, 0.5) is 0 Å². The molecular formula is C22H29N5O5. The summed E-state index contributed by atoms with van der Waals surface area (Å²) in [4.78, 5) is 51.6. The maximum atomic E-state index is 13.2. The zero-order chi connectivity index (χ0) is 23.6. The minimum absolute atomic E-state index is 0.117. The van der Waals surface area contributed by atoms with Gasteiger partial charge in [-0.3, -0.25) is 19.2 Å². The molecule has 0 unspecified atom stereocenters. The zero-order valence-electron chi connectivity index (χ0n) is 18.3. The topological polar surface area (TPSA) is 141 Å². The van der Waals surface area contributed by atoms with Crippen molar-refractivity contribution in [3.8, 4) is 6.26 Å². The highest BCUT2D eigenvalue weighted by atomic mass is 16.5. The van der Waals surface area contributed by atoms with Crippen LogP contribution in [-0.4, -0.2) is 73.3 Å². The molecule has 0 bridgehead atoms. The van der Waals surface area contributed by atoms with Gasteiger partial charge in [0.2, 0.25) is 11.8 Å². The third-order valence-electron chi connectivity index (χ3n) is 5.53. The molecular weight excluding hydrogens is 414 g/mol. The van der Waals surface area contributed by atoms with Crippen LogP contribution in [0.2, 0.25) is 0 Å². The number of hydrogen-bond acceptors (Lipinski definition) is 7. The number of ketones is 1. The van der Waals surface area contributed by atoms with Crippen molar-refractivity contribution in [1.29, 1.82) is 5.26 Å². The van der Waals surface area contributed by atoms with Crippen LogP contribution in [-0.2, 0) is 30.3 Å². The predicted molar refractivity (Wildman–Crippen MR) is 115 cm³/mol. The second-order valence-corrected chi connectivity index (χ2v) is 7.90. The fraction of sp³-hybridized carbons (Fsp3) is 0.500. The highest BCUT2D eigenvalue weighted by Gasteiger charge is 2.40. The van der Waals surface area contributed by atoms with Gasteiger partial charge in [-0.05, 0) is 32.4 Å². The molecule has 32 heavy (non-hydrogen) atoms. The van der Waals surface area contributed by atoms with E-state index in [0.29, 0.717) is 25.9 Å². The molecule has 0 radical (unpaired) electrons. The quantitative estimate of drug-likeness (QED) is 0.414. The van der Waals surface area contributed by atoms with Crippen LogP contribution < -0.4 is 16.0 Å². The Bertz CT molecular complexity index is 859. The summed E-state index contributed by atoms with van der Waals surface area (Å²) in [6.07, 6.45) is 2.57. The Kier molecular flexibility index (Phi) is 9.16. The molecule has 2 rings (SSSR count). The number of nitriles is 1. The summed E-state index contributed by atoms with van der Waals surface area (Å²) in [6, 6.07) is 8.24. The minimum atomic E-state index is -0.966. The van der Waals surface area contributed by atoms with E-state index in [1.807, 2.05) is 37.4 Å². The molecule has 1 fully saturated rings. The van der Waals surface area contributed by atoms with E-state index in [-0.39, 0.29) is 18.7 Å². The van der Waals surface area contributed by atoms with Gasteiger partial charge < -0.3 is 25.6 Å². The number of nitrogens with zero attached hydrogens (tertiary/aromatic N) is 2. The molecule has 1 aliphatic rings. The number of amides is 3. The molecule has 0 aliphatic carbocycles. The molecule has 172 valence electrons. The van der Waals surface area contributed by atoms with E-state index >= 15 is 0 Å². The normalized spacial score (nSPS) is 16.2. The number of carbonyl (C=O) groups is 4. The fourth-order valence-electron chi connectivity index (χ4n) is 3.52. The van der Waals surface area contributed by atoms with Crippen molar-refractivity contribution in [2.24, 2.45) is 0 Å². The summed E-state index contributed by atoms with van der Waals surface area (Å²) >= 11 is 0. The number of Topliss-reactive ketones (excluding diaryl/α,β-unsaturated/α-hetero) is 1. The Morgan fingerprint density at radius 2 is 1.81 bits per heavy atom. The maximum absolute atomic E-state index is 13.2. The fourth-order valence-corrected chi connectivity index (χ4v) is 3.52. The first-order valence-corrected chi connectivity index (χ1v) is 10.4. The Hall–Kier alpha value is -3.45. The van der Waals surface area contributed by atoms with E-state index in [0.717, 1.165) is 5.56 Å². The van der Waals surface area contributed by atoms with Crippen molar-refractivity contribution < 1.29 is 23.9 Å². The number of nitrogens with one attached hydrogen (secondary N) is 3. The monoisotopic (exact) mass is 443 g/mol. The molecule has 0 spiro atoms. The molecule has 3 N–H and O–H groups in total. The lowest BCUT2D eigenvalue weighted by molar-refractivity contribution is -0.135. The summed E-state index contributed by atoms with van der Waals surface area (Å²) in [5.74, 6) is -1.78. The summed E-state index contributed by atoms with van der Waals surface area (Å²) in [5, 5.41) is 16.2. The lowest BCUT2D eigenvalue weighted by atomic mass is 9.83. The average molecular weight is 444 g/mol. The van der Waals surface area contributed by atoms with E-state index in [1.165, 1.54) is 13.2 Å². The summed E-state index contributed by atoms with van der Waals surface area (Å²) in [5.41, 5.74) is -0.133.